The summed E-state index contributed by atoms with van der Waals surface area (Å²) in [6, 6.07) is 5.03. The number of amides is 2. The predicted molar refractivity (Wildman–Crippen MR) is 107 cm³/mol. The summed E-state index contributed by atoms with van der Waals surface area (Å²) in [4.78, 5) is 40.4. The number of carbonyl (C=O) groups excluding carboxylic acids is 2. The number of nitrogens with one attached hydrogen (secondary N) is 1. The Morgan fingerprint density at radius 2 is 2.07 bits per heavy atom. The highest BCUT2D eigenvalue weighted by Gasteiger charge is 2.24. The van der Waals surface area contributed by atoms with E-state index in [1.807, 2.05) is 25.9 Å². The Bertz CT molecular complexity index is 915. The number of rotatable bonds is 7. The maximum Gasteiger partial charge on any atom is 0.419 e. The van der Waals surface area contributed by atoms with Crippen LogP contribution >= 0.6 is 0 Å². The van der Waals surface area contributed by atoms with Gasteiger partial charge in [-0.1, -0.05) is 0 Å². The quantitative estimate of drug-likeness (QED) is 0.783. The van der Waals surface area contributed by atoms with Crippen molar-refractivity contribution in [1.82, 2.24) is 14.4 Å². The van der Waals surface area contributed by atoms with E-state index < -0.39 is 5.76 Å². The minimum absolute atomic E-state index is 0.122. The number of anilines is 1. The van der Waals surface area contributed by atoms with Gasteiger partial charge in [0.25, 0.3) is 0 Å². The van der Waals surface area contributed by atoms with E-state index in [1.165, 1.54) is 0 Å². The molecule has 2 heterocycles. The average Bonchev–Trinajstić information content (AvgIpc) is 2.94. The normalized spacial score (nSPS) is 16.0. The van der Waals surface area contributed by atoms with E-state index in [4.69, 9.17) is 4.42 Å². The van der Waals surface area contributed by atoms with Crippen molar-refractivity contribution in [3.8, 4) is 0 Å². The number of hydrogen-bond donors (Lipinski definition) is 1. The first-order valence-corrected chi connectivity index (χ1v) is 9.72. The van der Waals surface area contributed by atoms with Gasteiger partial charge in [0.1, 0.15) is 0 Å². The second-order valence-electron chi connectivity index (χ2n) is 7.65. The third-order valence-electron chi connectivity index (χ3n) is 5.09. The second kappa shape index (κ2) is 8.60. The van der Waals surface area contributed by atoms with E-state index in [0.29, 0.717) is 42.8 Å². The second-order valence-corrected chi connectivity index (χ2v) is 7.65. The molecular formula is C20H28N4O4. The molecule has 1 aromatic carbocycles. The Morgan fingerprint density at radius 3 is 2.79 bits per heavy atom. The third-order valence-corrected chi connectivity index (χ3v) is 5.09. The van der Waals surface area contributed by atoms with E-state index in [-0.39, 0.29) is 24.3 Å². The highest BCUT2D eigenvalue weighted by molar-refractivity contribution is 5.93. The van der Waals surface area contributed by atoms with Crippen LogP contribution in [0, 0.1) is 0 Å². The van der Waals surface area contributed by atoms with Gasteiger partial charge in [0.15, 0.2) is 5.58 Å². The minimum atomic E-state index is -0.405. The number of aromatic nitrogens is 1. The first-order valence-electron chi connectivity index (χ1n) is 9.72. The van der Waals surface area contributed by atoms with Crippen molar-refractivity contribution in [2.45, 2.75) is 45.2 Å². The topological polar surface area (TPSA) is 87.8 Å². The van der Waals surface area contributed by atoms with Crippen molar-refractivity contribution >= 4 is 28.6 Å². The highest BCUT2D eigenvalue weighted by atomic mass is 16.4. The molecule has 0 aliphatic carbocycles. The third kappa shape index (κ3) is 4.62. The van der Waals surface area contributed by atoms with Crippen molar-refractivity contribution in [2.24, 2.45) is 0 Å². The van der Waals surface area contributed by atoms with Crippen LogP contribution < -0.4 is 11.1 Å². The summed E-state index contributed by atoms with van der Waals surface area (Å²) >= 11 is 0. The van der Waals surface area contributed by atoms with Crippen LogP contribution in [0.25, 0.3) is 11.1 Å². The summed E-state index contributed by atoms with van der Waals surface area (Å²) in [7, 11) is 3.88. The molecule has 2 aromatic rings. The molecule has 1 fully saturated rings. The zero-order valence-corrected chi connectivity index (χ0v) is 16.7. The van der Waals surface area contributed by atoms with Gasteiger partial charge in [-0.05, 0) is 52.1 Å². The number of oxazole rings is 1. The summed E-state index contributed by atoms with van der Waals surface area (Å²) in [5, 5.41) is 2.88. The summed E-state index contributed by atoms with van der Waals surface area (Å²) in [5.41, 5.74) is 1.76. The van der Waals surface area contributed by atoms with Gasteiger partial charge >= 0.3 is 5.76 Å². The SMILES string of the molecule is CC(CC(=O)Nc1ccc2oc(=O)n(CCN(C)C)c2c1)N1CCCCC1=O. The van der Waals surface area contributed by atoms with Crippen LogP contribution in [0.15, 0.2) is 27.4 Å². The van der Waals surface area contributed by atoms with Crippen LogP contribution in [0.5, 0.6) is 0 Å². The number of benzene rings is 1. The number of piperidine rings is 1. The fourth-order valence-electron chi connectivity index (χ4n) is 3.54. The van der Waals surface area contributed by atoms with Crippen LogP contribution in [0.4, 0.5) is 5.69 Å². The number of likely N-dealkylation sites (tertiary alicyclic amines) is 1. The van der Waals surface area contributed by atoms with Crippen molar-refractivity contribution in [2.75, 3.05) is 32.5 Å². The van der Waals surface area contributed by atoms with Crippen LogP contribution in [0.1, 0.15) is 32.6 Å². The van der Waals surface area contributed by atoms with Crippen LogP contribution in [-0.2, 0) is 16.1 Å². The van der Waals surface area contributed by atoms with Crippen LogP contribution in [0.3, 0.4) is 0 Å². The summed E-state index contributed by atoms with van der Waals surface area (Å²) < 4.78 is 6.85. The molecule has 0 bridgehead atoms. The Labute approximate surface area is 164 Å². The Balaban J connectivity index is 1.69. The molecule has 28 heavy (non-hydrogen) atoms. The summed E-state index contributed by atoms with van der Waals surface area (Å²) in [6.45, 7) is 3.82. The number of carbonyl (C=O) groups is 2. The maximum atomic E-state index is 12.5. The first-order chi connectivity index (χ1) is 13.3. The van der Waals surface area contributed by atoms with Crippen molar-refractivity contribution < 1.29 is 14.0 Å². The molecule has 1 unspecified atom stereocenters. The lowest BCUT2D eigenvalue weighted by Gasteiger charge is -2.32. The molecule has 1 aliphatic rings. The van der Waals surface area contributed by atoms with Gasteiger partial charge in [-0.15, -0.1) is 0 Å². The largest absolute Gasteiger partial charge is 0.419 e. The zero-order chi connectivity index (χ0) is 20.3. The van der Waals surface area contributed by atoms with Gasteiger partial charge in [0, 0.05) is 44.2 Å². The Hall–Kier alpha value is -2.61. The molecule has 0 radical (unpaired) electrons. The van der Waals surface area contributed by atoms with E-state index in [0.717, 1.165) is 12.8 Å². The molecule has 152 valence electrons. The van der Waals surface area contributed by atoms with Gasteiger partial charge < -0.3 is 19.5 Å². The summed E-state index contributed by atoms with van der Waals surface area (Å²) in [5.74, 6) is -0.440. The molecule has 1 aliphatic heterocycles. The molecule has 1 atom stereocenters. The predicted octanol–water partition coefficient (Wildman–Crippen LogP) is 1.89. The Kier molecular flexibility index (Phi) is 6.18. The number of fused-ring (bicyclic) bond motifs is 1. The molecule has 2 amide bonds. The molecule has 0 saturated carbocycles. The number of nitrogens with zero attached hydrogens (tertiary/aromatic N) is 3. The highest BCUT2D eigenvalue weighted by Crippen LogP contribution is 2.20. The Morgan fingerprint density at radius 1 is 1.29 bits per heavy atom. The van der Waals surface area contributed by atoms with Crippen molar-refractivity contribution in [1.29, 1.82) is 0 Å². The van der Waals surface area contributed by atoms with Gasteiger partial charge in [-0.2, -0.15) is 0 Å². The van der Waals surface area contributed by atoms with E-state index in [1.54, 1.807) is 27.7 Å². The van der Waals surface area contributed by atoms with E-state index in [9.17, 15) is 14.4 Å². The maximum absolute atomic E-state index is 12.5. The summed E-state index contributed by atoms with van der Waals surface area (Å²) in [6.07, 6.45) is 2.71. The monoisotopic (exact) mass is 388 g/mol. The minimum Gasteiger partial charge on any atom is -0.408 e. The number of hydrogen-bond acceptors (Lipinski definition) is 5. The lowest BCUT2D eigenvalue weighted by atomic mass is 10.1. The molecule has 1 saturated heterocycles. The van der Waals surface area contributed by atoms with E-state index in [2.05, 4.69) is 5.32 Å². The zero-order valence-electron chi connectivity index (χ0n) is 16.7. The van der Waals surface area contributed by atoms with Gasteiger partial charge in [0.2, 0.25) is 11.8 Å². The lowest BCUT2D eigenvalue weighted by molar-refractivity contribution is -0.136. The van der Waals surface area contributed by atoms with Crippen molar-refractivity contribution in [3.05, 3.63) is 28.7 Å². The molecule has 3 rings (SSSR count). The van der Waals surface area contributed by atoms with Crippen LogP contribution in [-0.4, -0.2) is 59.4 Å². The fraction of sp³-hybridized carbons (Fsp3) is 0.550. The van der Waals surface area contributed by atoms with Crippen LogP contribution in [0.2, 0.25) is 0 Å². The van der Waals surface area contributed by atoms with Gasteiger partial charge in [-0.25, -0.2) is 4.79 Å². The number of likely N-dealkylation sites (N-methyl/N-ethyl adjacent to an activating group) is 1. The molecular weight excluding hydrogens is 360 g/mol. The van der Waals surface area contributed by atoms with Gasteiger partial charge in [0.05, 0.1) is 5.52 Å². The van der Waals surface area contributed by atoms with Crippen molar-refractivity contribution in [3.63, 3.8) is 0 Å². The molecule has 8 heteroatoms. The standard InChI is InChI=1S/C20H28N4O4/c1-14(23-9-5-4-6-19(23)26)12-18(25)21-15-7-8-17-16(13-15)24(20(27)28-17)11-10-22(2)3/h7-8,13-14H,4-6,9-12H2,1-3H3,(H,21,25). The lowest BCUT2D eigenvalue weighted by Crippen LogP contribution is -2.43. The van der Waals surface area contributed by atoms with Gasteiger partial charge in [-0.3, -0.25) is 14.2 Å². The average molecular weight is 388 g/mol. The molecule has 1 N–H and O–H groups in total. The molecule has 8 nitrogen and oxygen atoms in total. The molecule has 0 spiro atoms. The first kappa shape index (κ1) is 20.1. The fourth-order valence-corrected chi connectivity index (χ4v) is 3.54. The van der Waals surface area contributed by atoms with E-state index >= 15 is 0 Å². The molecule has 1 aromatic heterocycles. The smallest absolute Gasteiger partial charge is 0.408 e.